The Labute approximate surface area is 143 Å². The van der Waals surface area contributed by atoms with Crippen LogP contribution >= 0.6 is 11.6 Å². The van der Waals surface area contributed by atoms with Crippen molar-refractivity contribution in [1.29, 1.82) is 0 Å². The van der Waals surface area contributed by atoms with Gasteiger partial charge in [-0.1, -0.05) is 23.7 Å². The van der Waals surface area contributed by atoms with E-state index < -0.39 is 6.04 Å². The molecule has 7 heteroatoms. The lowest BCUT2D eigenvalue weighted by Crippen LogP contribution is -2.35. The van der Waals surface area contributed by atoms with Crippen molar-refractivity contribution in [2.45, 2.75) is 6.04 Å². The summed E-state index contributed by atoms with van der Waals surface area (Å²) in [5.41, 5.74) is 4.68. The first kappa shape index (κ1) is 16.4. The summed E-state index contributed by atoms with van der Waals surface area (Å²) in [6, 6.07) is 12.2. The number of benzene rings is 2. The van der Waals surface area contributed by atoms with Gasteiger partial charge in [0.2, 0.25) is 0 Å². The van der Waals surface area contributed by atoms with E-state index in [-0.39, 0.29) is 11.7 Å². The van der Waals surface area contributed by atoms with E-state index in [0.717, 1.165) is 10.6 Å². The van der Waals surface area contributed by atoms with E-state index in [4.69, 9.17) is 11.6 Å². The highest BCUT2D eigenvalue weighted by molar-refractivity contribution is 6.30. The lowest BCUT2D eigenvalue weighted by Gasteiger charge is -2.17. The second kappa shape index (κ2) is 6.60. The van der Waals surface area contributed by atoms with Crippen LogP contribution in [0.3, 0.4) is 0 Å². The van der Waals surface area contributed by atoms with Crippen LogP contribution in [0.4, 0.5) is 10.1 Å². The number of nitrogens with zero attached hydrogens (tertiary/aromatic N) is 2. The summed E-state index contributed by atoms with van der Waals surface area (Å²) in [4.78, 5) is 12.7. The van der Waals surface area contributed by atoms with E-state index >= 15 is 0 Å². The molecule has 2 N–H and O–H groups in total. The number of rotatable bonds is 3. The molecular weight excluding hydrogens is 333 g/mol. The minimum Gasteiger partial charge on any atom is -0.289 e. The molecule has 0 spiro atoms. The fourth-order valence-electron chi connectivity index (χ4n) is 2.56. The molecule has 2 aromatic carbocycles. The molecule has 1 saturated heterocycles. The van der Waals surface area contributed by atoms with E-state index in [9.17, 15) is 14.4 Å². The van der Waals surface area contributed by atoms with Gasteiger partial charge in [-0.3, -0.25) is 15.1 Å². The molecule has 3 rings (SSSR count). The van der Waals surface area contributed by atoms with E-state index in [1.54, 1.807) is 18.2 Å². The van der Waals surface area contributed by atoms with Crippen LogP contribution in [0.5, 0.6) is 0 Å². The number of halogens is 2. The first-order chi connectivity index (χ1) is 11.5. The van der Waals surface area contributed by atoms with Crippen LogP contribution in [0, 0.1) is 5.82 Å². The van der Waals surface area contributed by atoms with Gasteiger partial charge >= 0.3 is 0 Å². The molecule has 0 radical (unpaired) electrons. The van der Waals surface area contributed by atoms with E-state index in [0.29, 0.717) is 16.3 Å². The number of nitrogens with one attached hydrogen (secondary N) is 1. The average Bonchev–Trinajstić information content (AvgIpc) is 2.85. The molecule has 2 aromatic rings. The van der Waals surface area contributed by atoms with Crippen molar-refractivity contribution in [3.8, 4) is 0 Å². The van der Waals surface area contributed by atoms with Crippen molar-refractivity contribution >= 4 is 23.2 Å². The Kier molecular flexibility index (Phi) is 4.53. The summed E-state index contributed by atoms with van der Waals surface area (Å²) in [6.07, 6.45) is 1.34. The number of anilines is 1. The summed E-state index contributed by atoms with van der Waals surface area (Å²) >= 11 is 6.04. The number of amides is 1. The van der Waals surface area contributed by atoms with Crippen LogP contribution in [-0.4, -0.2) is 23.2 Å². The number of hydroxylamine groups is 2. The van der Waals surface area contributed by atoms with Gasteiger partial charge in [-0.25, -0.2) is 14.8 Å². The second-order valence-electron chi connectivity index (χ2n) is 5.39. The monoisotopic (exact) mass is 347 g/mol. The van der Waals surface area contributed by atoms with Crippen molar-refractivity contribution in [3.63, 3.8) is 0 Å². The highest BCUT2D eigenvalue weighted by atomic mass is 35.5. The van der Waals surface area contributed by atoms with Crippen molar-refractivity contribution in [2.75, 3.05) is 12.1 Å². The molecule has 1 aliphatic heterocycles. The lowest BCUT2D eigenvalue weighted by molar-refractivity contribution is -0.114. The van der Waals surface area contributed by atoms with E-state index in [1.807, 2.05) is 6.07 Å². The van der Waals surface area contributed by atoms with Gasteiger partial charge in [0.1, 0.15) is 5.82 Å². The average molecular weight is 348 g/mol. The predicted molar refractivity (Wildman–Crippen MR) is 88.8 cm³/mol. The first-order valence-corrected chi connectivity index (χ1v) is 7.58. The Morgan fingerprint density at radius 3 is 2.62 bits per heavy atom. The van der Waals surface area contributed by atoms with Crippen LogP contribution < -0.4 is 10.4 Å². The molecule has 1 atom stereocenters. The molecule has 1 fully saturated rings. The summed E-state index contributed by atoms with van der Waals surface area (Å²) < 4.78 is 13.1. The number of hydrogen-bond acceptors (Lipinski definition) is 4. The van der Waals surface area contributed by atoms with Crippen LogP contribution in [0.2, 0.25) is 5.02 Å². The Morgan fingerprint density at radius 1 is 1.29 bits per heavy atom. The smallest absolute Gasteiger partial charge is 0.272 e. The maximum absolute atomic E-state index is 13.1. The largest absolute Gasteiger partial charge is 0.289 e. The van der Waals surface area contributed by atoms with Gasteiger partial charge in [0.15, 0.2) is 0 Å². The quantitative estimate of drug-likeness (QED) is 0.661. The zero-order chi connectivity index (χ0) is 17.3. The van der Waals surface area contributed by atoms with Crippen molar-refractivity contribution in [2.24, 2.45) is 0 Å². The molecule has 0 aromatic heterocycles. The molecule has 1 amide bonds. The van der Waals surface area contributed by atoms with E-state index in [2.05, 4.69) is 5.43 Å². The van der Waals surface area contributed by atoms with Gasteiger partial charge in [0.25, 0.3) is 5.91 Å². The van der Waals surface area contributed by atoms with Crippen molar-refractivity contribution in [1.82, 2.24) is 10.5 Å². The highest BCUT2D eigenvalue weighted by Gasteiger charge is 2.37. The third-order valence-electron chi connectivity index (χ3n) is 3.61. The molecule has 0 aliphatic carbocycles. The molecular formula is C17H15ClFN3O2. The molecule has 1 unspecified atom stereocenters. The van der Waals surface area contributed by atoms with Crippen LogP contribution in [0.25, 0.3) is 0 Å². The number of hydrazine groups is 1. The Morgan fingerprint density at radius 2 is 2.00 bits per heavy atom. The molecule has 1 heterocycles. The third-order valence-corrected chi connectivity index (χ3v) is 3.85. The number of carbonyl (C=O) groups excluding carboxylic acids is 1. The second-order valence-corrected chi connectivity index (χ2v) is 5.83. The summed E-state index contributed by atoms with van der Waals surface area (Å²) in [5, 5.41) is 12.2. The van der Waals surface area contributed by atoms with Crippen LogP contribution in [0.15, 0.2) is 60.3 Å². The molecule has 5 nitrogen and oxygen atoms in total. The zero-order valence-electron chi connectivity index (χ0n) is 12.8. The van der Waals surface area contributed by atoms with Gasteiger partial charge in [-0.15, -0.1) is 0 Å². The van der Waals surface area contributed by atoms with Gasteiger partial charge in [-0.2, -0.15) is 0 Å². The molecule has 124 valence electrons. The fraction of sp³-hybridized carbons (Fsp3) is 0.118. The Bertz CT molecular complexity index is 793. The topological polar surface area (TPSA) is 55.8 Å². The molecule has 1 aliphatic rings. The summed E-state index contributed by atoms with van der Waals surface area (Å²) in [5.74, 6) is -0.727. The molecule has 0 saturated carbocycles. The minimum atomic E-state index is -0.490. The maximum Gasteiger partial charge on any atom is 0.272 e. The lowest BCUT2D eigenvalue weighted by atomic mass is 10.0. The third kappa shape index (κ3) is 3.26. The first-order valence-electron chi connectivity index (χ1n) is 7.21. The highest BCUT2D eigenvalue weighted by Crippen LogP contribution is 2.33. The summed E-state index contributed by atoms with van der Waals surface area (Å²) in [6.45, 7) is 0. The minimum absolute atomic E-state index is 0.339. The number of hydrogen-bond donors (Lipinski definition) is 2. The fourth-order valence-corrected chi connectivity index (χ4v) is 2.76. The normalized spacial score (nSPS) is 19.2. The van der Waals surface area contributed by atoms with Gasteiger partial charge in [0.05, 0.1) is 17.3 Å². The maximum atomic E-state index is 13.1. The Balaban J connectivity index is 2.01. The molecule has 24 heavy (non-hydrogen) atoms. The zero-order valence-corrected chi connectivity index (χ0v) is 13.5. The van der Waals surface area contributed by atoms with Crippen molar-refractivity contribution in [3.05, 3.63) is 76.7 Å². The van der Waals surface area contributed by atoms with E-state index in [1.165, 1.54) is 42.5 Å². The Hall–Kier alpha value is -2.41. The summed E-state index contributed by atoms with van der Waals surface area (Å²) in [7, 11) is 1.41. The van der Waals surface area contributed by atoms with Gasteiger partial charge in [0, 0.05) is 18.3 Å². The van der Waals surface area contributed by atoms with Crippen LogP contribution in [-0.2, 0) is 4.79 Å². The van der Waals surface area contributed by atoms with Gasteiger partial charge in [-0.05, 0) is 42.0 Å². The predicted octanol–water partition coefficient (Wildman–Crippen LogP) is 3.28. The standard InChI is InChI=1S/C17H15ClFN3O2/c1-21(24)10-15-16(11-3-2-4-12(18)9-11)20-22(17(15)23)14-7-5-13(19)6-8-14/h2-10,16,20,24H,1H3. The van der Waals surface area contributed by atoms with Gasteiger partial charge < -0.3 is 0 Å². The molecule has 0 bridgehead atoms. The number of carbonyl (C=O) groups is 1. The SMILES string of the molecule is CN(O)C=C1C(=O)N(c2ccc(F)cc2)NC1c1cccc(Cl)c1. The van der Waals surface area contributed by atoms with Crippen LogP contribution in [0.1, 0.15) is 11.6 Å². The van der Waals surface area contributed by atoms with Crippen molar-refractivity contribution < 1.29 is 14.4 Å².